The Morgan fingerprint density at radius 2 is 2.00 bits per heavy atom. The Morgan fingerprint density at radius 3 is 2.50 bits per heavy atom. The van der Waals surface area contributed by atoms with Gasteiger partial charge in [0.15, 0.2) is 0 Å². The second-order valence-electron chi connectivity index (χ2n) is 4.19. The van der Waals surface area contributed by atoms with Crippen molar-refractivity contribution in [2.45, 2.75) is 19.9 Å². The van der Waals surface area contributed by atoms with E-state index in [9.17, 15) is 9.59 Å². The van der Waals surface area contributed by atoms with Crippen molar-refractivity contribution in [3.8, 4) is 6.07 Å². The second-order valence-corrected chi connectivity index (χ2v) is 4.19. The van der Waals surface area contributed by atoms with Crippen LogP contribution in [0, 0.1) is 11.3 Å². The fraction of sp³-hybridized carbons (Fsp3) is 0.357. The van der Waals surface area contributed by atoms with E-state index in [0.717, 1.165) is 5.56 Å². The summed E-state index contributed by atoms with van der Waals surface area (Å²) in [5.41, 5.74) is 1.45. The summed E-state index contributed by atoms with van der Waals surface area (Å²) in [7, 11) is 0. The third-order valence-corrected chi connectivity index (χ3v) is 2.79. The highest BCUT2D eigenvalue weighted by Crippen LogP contribution is 2.03. The first-order chi connectivity index (χ1) is 9.56. The standard InChI is InChI=1S/C14H17N3O3/c1-2-17(8-7-13(18)19)14(20)16-10-12-5-3-11(9-15)4-6-12/h3-6H,2,7-8,10H2,1H3,(H,16,20)(H,18,19). The molecule has 106 valence electrons. The van der Waals surface area contributed by atoms with Crippen LogP contribution in [0.2, 0.25) is 0 Å². The van der Waals surface area contributed by atoms with Crippen LogP contribution in [-0.4, -0.2) is 35.1 Å². The van der Waals surface area contributed by atoms with E-state index in [0.29, 0.717) is 18.7 Å². The SMILES string of the molecule is CCN(CCC(=O)O)C(=O)NCc1ccc(C#N)cc1. The minimum absolute atomic E-state index is 0.0713. The van der Waals surface area contributed by atoms with Gasteiger partial charge in [-0.25, -0.2) is 4.79 Å². The van der Waals surface area contributed by atoms with Gasteiger partial charge in [0.05, 0.1) is 18.1 Å². The Morgan fingerprint density at radius 1 is 1.35 bits per heavy atom. The number of hydrogen-bond donors (Lipinski definition) is 2. The van der Waals surface area contributed by atoms with Crippen LogP contribution in [0.25, 0.3) is 0 Å². The van der Waals surface area contributed by atoms with Gasteiger partial charge in [-0.05, 0) is 24.6 Å². The van der Waals surface area contributed by atoms with Crippen molar-refractivity contribution >= 4 is 12.0 Å². The van der Waals surface area contributed by atoms with E-state index < -0.39 is 5.97 Å². The van der Waals surface area contributed by atoms with Crippen molar-refractivity contribution in [2.75, 3.05) is 13.1 Å². The molecule has 1 aromatic carbocycles. The van der Waals surface area contributed by atoms with E-state index >= 15 is 0 Å². The number of carbonyl (C=O) groups is 2. The molecule has 2 N–H and O–H groups in total. The molecule has 6 nitrogen and oxygen atoms in total. The third-order valence-electron chi connectivity index (χ3n) is 2.79. The zero-order chi connectivity index (χ0) is 15.0. The molecule has 0 heterocycles. The fourth-order valence-corrected chi connectivity index (χ4v) is 1.62. The molecular weight excluding hydrogens is 258 g/mol. The predicted molar refractivity (Wildman–Crippen MR) is 72.9 cm³/mol. The lowest BCUT2D eigenvalue weighted by Crippen LogP contribution is -2.40. The van der Waals surface area contributed by atoms with Crippen LogP contribution in [0.1, 0.15) is 24.5 Å². The number of rotatable bonds is 6. The number of hydrogen-bond acceptors (Lipinski definition) is 3. The number of carboxylic acids is 1. The molecule has 0 bridgehead atoms. The van der Waals surface area contributed by atoms with Crippen LogP contribution < -0.4 is 5.32 Å². The van der Waals surface area contributed by atoms with Gasteiger partial charge in [-0.15, -0.1) is 0 Å². The summed E-state index contributed by atoms with van der Waals surface area (Å²) >= 11 is 0. The number of aliphatic carboxylic acids is 1. The van der Waals surface area contributed by atoms with Gasteiger partial charge in [0.2, 0.25) is 0 Å². The molecule has 0 unspecified atom stereocenters. The molecule has 0 aromatic heterocycles. The lowest BCUT2D eigenvalue weighted by Gasteiger charge is -2.20. The minimum Gasteiger partial charge on any atom is -0.481 e. The highest BCUT2D eigenvalue weighted by Gasteiger charge is 2.12. The Bertz CT molecular complexity index is 505. The maximum Gasteiger partial charge on any atom is 0.317 e. The van der Waals surface area contributed by atoms with Crippen molar-refractivity contribution < 1.29 is 14.7 Å². The Hall–Kier alpha value is -2.55. The lowest BCUT2D eigenvalue weighted by atomic mass is 10.1. The number of carboxylic acid groups (broad SMARTS) is 1. The van der Waals surface area contributed by atoms with E-state index in [1.54, 1.807) is 31.2 Å². The first-order valence-electron chi connectivity index (χ1n) is 6.30. The lowest BCUT2D eigenvalue weighted by molar-refractivity contribution is -0.137. The molecule has 20 heavy (non-hydrogen) atoms. The monoisotopic (exact) mass is 275 g/mol. The third kappa shape index (κ3) is 4.98. The second kappa shape index (κ2) is 7.79. The Balaban J connectivity index is 2.47. The molecule has 0 spiro atoms. The molecule has 0 aliphatic carbocycles. The molecule has 0 aliphatic rings. The van der Waals surface area contributed by atoms with Crippen molar-refractivity contribution in [1.29, 1.82) is 5.26 Å². The maximum atomic E-state index is 11.9. The number of nitrogens with zero attached hydrogens (tertiary/aromatic N) is 2. The van der Waals surface area contributed by atoms with Gasteiger partial charge in [-0.3, -0.25) is 4.79 Å². The molecular formula is C14H17N3O3. The summed E-state index contributed by atoms with van der Waals surface area (Å²) in [4.78, 5) is 23.8. The van der Waals surface area contributed by atoms with Gasteiger partial charge in [0, 0.05) is 19.6 Å². The maximum absolute atomic E-state index is 11.9. The average molecular weight is 275 g/mol. The number of urea groups is 1. The molecule has 6 heteroatoms. The molecule has 0 saturated heterocycles. The largest absolute Gasteiger partial charge is 0.481 e. The Kier molecular flexibility index (Phi) is 6.04. The Labute approximate surface area is 117 Å². The van der Waals surface area contributed by atoms with Crippen LogP contribution in [0.3, 0.4) is 0 Å². The molecule has 0 aliphatic heterocycles. The smallest absolute Gasteiger partial charge is 0.317 e. The first-order valence-corrected chi connectivity index (χ1v) is 6.30. The zero-order valence-electron chi connectivity index (χ0n) is 11.3. The first kappa shape index (κ1) is 15.5. The number of nitrogens with one attached hydrogen (secondary N) is 1. The van der Waals surface area contributed by atoms with Crippen LogP contribution in [-0.2, 0) is 11.3 Å². The minimum atomic E-state index is -0.927. The van der Waals surface area contributed by atoms with Gasteiger partial charge in [-0.2, -0.15) is 5.26 Å². The van der Waals surface area contributed by atoms with E-state index in [-0.39, 0.29) is 19.0 Å². The van der Waals surface area contributed by atoms with Gasteiger partial charge in [-0.1, -0.05) is 12.1 Å². The number of benzene rings is 1. The van der Waals surface area contributed by atoms with E-state index in [1.807, 2.05) is 6.07 Å². The van der Waals surface area contributed by atoms with Gasteiger partial charge in [0.1, 0.15) is 0 Å². The number of amides is 2. The van der Waals surface area contributed by atoms with Crippen molar-refractivity contribution in [3.63, 3.8) is 0 Å². The van der Waals surface area contributed by atoms with Crippen molar-refractivity contribution in [2.24, 2.45) is 0 Å². The summed E-state index contributed by atoms with van der Waals surface area (Å²) in [6.45, 7) is 2.77. The van der Waals surface area contributed by atoms with Crippen LogP contribution in [0.5, 0.6) is 0 Å². The topological polar surface area (TPSA) is 93.4 Å². The number of nitriles is 1. The van der Waals surface area contributed by atoms with Gasteiger partial charge in [0.25, 0.3) is 0 Å². The fourth-order valence-electron chi connectivity index (χ4n) is 1.62. The van der Waals surface area contributed by atoms with E-state index in [1.165, 1.54) is 4.90 Å². The highest BCUT2D eigenvalue weighted by molar-refractivity contribution is 5.75. The van der Waals surface area contributed by atoms with Crippen molar-refractivity contribution in [3.05, 3.63) is 35.4 Å². The van der Waals surface area contributed by atoms with Crippen LogP contribution in [0.15, 0.2) is 24.3 Å². The summed E-state index contributed by atoms with van der Waals surface area (Å²) in [6, 6.07) is 8.64. The van der Waals surface area contributed by atoms with Gasteiger partial charge < -0.3 is 15.3 Å². The summed E-state index contributed by atoms with van der Waals surface area (Å²) in [6.07, 6.45) is -0.0713. The predicted octanol–water partition coefficient (Wildman–Crippen LogP) is 1.56. The quantitative estimate of drug-likeness (QED) is 0.824. The van der Waals surface area contributed by atoms with E-state index in [4.69, 9.17) is 10.4 Å². The molecule has 0 radical (unpaired) electrons. The molecule has 0 atom stereocenters. The normalized spacial score (nSPS) is 9.60. The summed E-state index contributed by atoms with van der Waals surface area (Å²) < 4.78 is 0. The highest BCUT2D eigenvalue weighted by atomic mass is 16.4. The van der Waals surface area contributed by atoms with E-state index in [2.05, 4.69) is 5.32 Å². The molecule has 0 fully saturated rings. The zero-order valence-corrected chi connectivity index (χ0v) is 11.3. The summed E-state index contributed by atoms with van der Waals surface area (Å²) in [5, 5.41) is 20.0. The molecule has 2 amide bonds. The average Bonchev–Trinajstić information content (AvgIpc) is 2.46. The van der Waals surface area contributed by atoms with Crippen LogP contribution >= 0.6 is 0 Å². The van der Waals surface area contributed by atoms with Gasteiger partial charge >= 0.3 is 12.0 Å². The number of carbonyl (C=O) groups excluding carboxylic acids is 1. The molecule has 1 rings (SSSR count). The van der Waals surface area contributed by atoms with Crippen molar-refractivity contribution in [1.82, 2.24) is 10.2 Å². The summed E-state index contributed by atoms with van der Waals surface area (Å²) in [5.74, 6) is -0.927. The van der Waals surface area contributed by atoms with Crippen LogP contribution in [0.4, 0.5) is 4.79 Å². The molecule has 0 saturated carbocycles. The molecule has 1 aromatic rings.